The number of nitrogens with one attached hydrogen (secondary N) is 1. The van der Waals surface area contributed by atoms with Crippen LogP contribution >= 0.6 is 11.6 Å². The first-order valence-electron chi connectivity index (χ1n) is 6.40. The zero-order valence-corrected chi connectivity index (χ0v) is 12.1. The molecule has 0 saturated carbocycles. The number of piperazine rings is 1. The van der Waals surface area contributed by atoms with Gasteiger partial charge in [0.15, 0.2) is 0 Å². The van der Waals surface area contributed by atoms with Gasteiger partial charge < -0.3 is 10.2 Å². The Labute approximate surface area is 121 Å². The Kier molecular flexibility index (Phi) is 4.28. The molecule has 4 nitrogen and oxygen atoms in total. The summed E-state index contributed by atoms with van der Waals surface area (Å²) in [5.41, 5.74) is 0.696. The van der Waals surface area contributed by atoms with Gasteiger partial charge in [0.05, 0.1) is 11.6 Å². The minimum atomic E-state index is -0.507. The molecule has 20 heavy (non-hydrogen) atoms. The molecule has 1 aliphatic heterocycles. The van der Waals surface area contributed by atoms with Gasteiger partial charge in [0, 0.05) is 6.54 Å². The summed E-state index contributed by atoms with van der Waals surface area (Å²) in [6, 6.07) is 3.78. The van der Waals surface area contributed by atoms with E-state index in [0.29, 0.717) is 5.56 Å². The first-order chi connectivity index (χ1) is 9.38. The van der Waals surface area contributed by atoms with Crippen LogP contribution in [0.1, 0.15) is 19.4 Å². The zero-order chi connectivity index (χ0) is 14.9. The standard InChI is InChI=1S/C14H16ClFN2O2/c1-8(2)13-14(20)18(7-12(19)17-13)6-9-3-4-11(16)10(15)5-9/h3-5,8,13H,6-7H2,1-2H3,(H,17,19). The maximum Gasteiger partial charge on any atom is 0.246 e. The quantitative estimate of drug-likeness (QED) is 0.927. The molecule has 0 bridgehead atoms. The highest BCUT2D eigenvalue weighted by atomic mass is 35.5. The van der Waals surface area contributed by atoms with Crippen LogP contribution in [0.3, 0.4) is 0 Å². The van der Waals surface area contributed by atoms with Crippen LogP contribution in [0.25, 0.3) is 0 Å². The summed E-state index contributed by atoms with van der Waals surface area (Å²) in [5.74, 6) is -0.791. The van der Waals surface area contributed by atoms with Gasteiger partial charge in [0.25, 0.3) is 0 Å². The summed E-state index contributed by atoms with van der Waals surface area (Å²) < 4.78 is 13.1. The van der Waals surface area contributed by atoms with E-state index in [1.54, 1.807) is 6.07 Å². The van der Waals surface area contributed by atoms with Gasteiger partial charge in [-0.05, 0) is 23.6 Å². The molecule has 0 spiro atoms. The molecule has 6 heteroatoms. The number of carbonyl (C=O) groups is 2. The molecule has 1 fully saturated rings. The minimum Gasteiger partial charge on any atom is -0.343 e. The highest BCUT2D eigenvalue weighted by molar-refractivity contribution is 6.30. The van der Waals surface area contributed by atoms with E-state index in [9.17, 15) is 14.0 Å². The Morgan fingerprint density at radius 3 is 2.75 bits per heavy atom. The summed E-state index contributed by atoms with van der Waals surface area (Å²) in [5, 5.41) is 2.70. The lowest BCUT2D eigenvalue weighted by Crippen LogP contribution is -2.59. The van der Waals surface area contributed by atoms with Crippen LogP contribution in [0.15, 0.2) is 18.2 Å². The molecule has 0 aromatic heterocycles. The average molecular weight is 299 g/mol. The number of halogens is 2. The van der Waals surface area contributed by atoms with E-state index in [1.807, 2.05) is 13.8 Å². The molecule has 1 heterocycles. The molecule has 2 amide bonds. The Morgan fingerprint density at radius 1 is 1.45 bits per heavy atom. The van der Waals surface area contributed by atoms with Gasteiger partial charge in [-0.25, -0.2) is 4.39 Å². The molecule has 1 N–H and O–H groups in total. The Morgan fingerprint density at radius 2 is 2.15 bits per heavy atom. The molecule has 1 atom stereocenters. The number of rotatable bonds is 3. The Balaban J connectivity index is 2.16. The van der Waals surface area contributed by atoms with Crippen LogP contribution in [0.4, 0.5) is 4.39 Å². The number of amides is 2. The van der Waals surface area contributed by atoms with E-state index < -0.39 is 11.9 Å². The molecule has 1 aromatic carbocycles. The SMILES string of the molecule is CC(C)C1NC(=O)CN(Cc2ccc(F)c(Cl)c2)C1=O. The van der Waals surface area contributed by atoms with Gasteiger partial charge in [-0.2, -0.15) is 0 Å². The highest BCUT2D eigenvalue weighted by Crippen LogP contribution is 2.19. The van der Waals surface area contributed by atoms with Crippen LogP contribution < -0.4 is 5.32 Å². The molecule has 0 radical (unpaired) electrons. The predicted octanol–water partition coefficient (Wildman–Crippen LogP) is 1.96. The Hall–Kier alpha value is -1.62. The summed E-state index contributed by atoms with van der Waals surface area (Å²) in [7, 11) is 0. The lowest BCUT2D eigenvalue weighted by atomic mass is 10.0. The van der Waals surface area contributed by atoms with Crippen molar-refractivity contribution in [2.75, 3.05) is 6.54 Å². The molecule has 1 unspecified atom stereocenters. The third kappa shape index (κ3) is 3.10. The molecule has 1 aromatic rings. The molecular formula is C14H16ClFN2O2. The first-order valence-corrected chi connectivity index (χ1v) is 6.78. The van der Waals surface area contributed by atoms with Crippen LogP contribution in [0, 0.1) is 11.7 Å². The molecule has 108 valence electrons. The number of nitrogens with zero attached hydrogens (tertiary/aromatic N) is 1. The fraction of sp³-hybridized carbons (Fsp3) is 0.429. The van der Waals surface area contributed by atoms with Crippen molar-refractivity contribution < 1.29 is 14.0 Å². The number of hydrogen-bond donors (Lipinski definition) is 1. The Bertz CT molecular complexity index is 548. The lowest BCUT2D eigenvalue weighted by molar-refractivity contribution is -0.146. The number of carbonyl (C=O) groups excluding carboxylic acids is 2. The van der Waals surface area contributed by atoms with Crippen LogP contribution in [-0.2, 0) is 16.1 Å². The van der Waals surface area contributed by atoms with Crippen molar-refractivity contribution in [2.45, 2.75) is 26.4 Å². The van der Waals surface area contributed by atoms with Gasteiger partial charge in [-0.3, -0.25) is 9.59 Å². The second-order valence-electron chi connectivity index (χ2n) is 5.23. The van der Waals surface area contributed by atoms with Gasteiger partial charge >= 0.3 is 0 Å². The topological polar surface area (TPSA) is 49.4 Å². The largest absolute Gasteiger partial charge is 0.343 e. The molecule has 0 aliphatic carbocycles. The summed E-state index contributed by atoms with van der Waals surface area (Å²) in [4.78, 5) is 25.4. The van der Waals surface area contributed by atoms with Crippen molar-refractivity contribution in [3.8, 4) is 0 Å². The fourth-order valence-electron chi connectivity index (χ4n) is 2.17. The normalized spacial score (nSPS) is 19.4. The second-order valence-corrected chi connectivity index (χ2v) is 5.64. The third-order valence-corrected chi connectivity index (χ3v) is 3.54. The van der Waals surface area contributed by atoms with Gasteiger partial charge in [0.1, 0.15) is 11.9 Å². The van der Waals surface area contributed by atoms with Crippen LogP contribution in [0.5, 0.6) is 0 Å². The summed E-state index contributed by atoms with van der Waals surface area (Å²) in [6.45, 7) is 4.01. The predicted molar refractivity (Wildman–Crippen MR) is 73.6 cm³/mol. The number of benzene rings is 1. The molecule has 2 rings (SSSR count). The van der Waals surface area contributed by atoms with Crippen LogP contribution in [0.2, 0.25) is 5.02 Å². The lowest BCUT2D eigenvalue weighted by Gasteiger charge is -2.34. The molecular weight excluding hydrogens is 283 g/mol. The smallest absolute Gasteiger partial charge is 0.246 e. The number of hydrogen-bond acceptors (Lipinski definition) is 2. The first kappa shape index (κ1) is 14.8. The van der Waals surface area contributed by atoms with Crippen molar-refractivity contribution in [2.24, 2.45) is 5.92 Å². The monoisotopic (exact) mass is 298 g/mol. The van der Waals surface area contributed by atoms with Gasteiger partial charge in [-0.1, -0.05) is 31.5 Å². The van der Waals surface area contributed by atoms with Crippen molar-refractivity contribution >= 4 is 23.4 Å². The van der Waals surface area contributed by atoms with E-state index in [2.05, 4.69) is 5.32 Å². The van der Waals surface area contributed by atoms with Gasteiger partial charge in [-0.15, -0.1) is 0 Å². The van der Waals surface area contributed by atoms with E-state index in [1.165, 1.54) is 17.0 Å². The maximum absolute atomic E-state index is 13.1. The van der Waals surface area contributed by atoms with Crippen molar-refractivity contribution in [1.82, 2.24) is 10.2 Å². The van der Waals surface area contributed by atoms with Crippen LogP contribution in [-0.4, -0.2) is 29.3 Å². The second kappa shape index (κ2) is 5.79. The summed E-state index contributed by atoms with van der Waals surface area (Å²) >= 11 is 5.72. The third-order valence-electron chi connectivity index (χ3n) is 3.25. The molecule has 1 saturated heterocycles. The zero-order valence-electron chi connectivity index (χ0n) is 11.3. The van der Waals surface area contributed by atoms with Crippen molar-refractivity contribution in [3.05, 3.63) is 34.6 Å². The fourth-order valence-corrected chi connectivity index (χ4v) is 2.38. The van der Waals surface area contributed by atoms with Crippen molar-refractivity contribution in [3.63, 3.8) is 0 Å². The maximum atomic E-state index is 13.1. The van der Waals surface area contributed by atoms with E-state index in [0.717, 1.165) is 0 Å². The highest BCUT2D eigenvalue weighted by Gasteiger charge is 2.34. The van der Waals surface area contributed by atoms with Gasteiger partial charge in [0.2, 0.25) is 11.8 Å². The minimum absolute atomic E-state index is 0.0109. The molecule has 1 aliphatic rings. The van der Waals surface area contributed by atoms with E-state index >= 15 is 0 Å². The van der Waals surface area contributed by atoms with Crippen molar-refractivity contribution in [1.29, 1.82) is 0 Å². The van der Waals surface area contributed by atoms with E-state index in [4.69, 9.17) is 11.6 Å². The summed E-state index contributed by atoms with van der Waals surface area (Å²) in [6.07, 6.45) is 0. The average Bonchev–Trinajstić information content (AvgIpc) is 2.37. The van der Waals surface area contributed by atoms with E-state index in [-0.39, 0.29) is 35.8 Å².